The summed E-state index contributed by atoms with van der Waals surface area (Å²) in [5.41, 5.74) is 2.98. The van der Waals surface area contributed by atoms with Crippen molar-refractivity contribution in [2.75, 3.05) is 6.54 Å². The second kappa shape index (κ2) is 8.58. The third kappa shape index (κ3) is 4.85. The van der Waals surface area contributed by atoms with Crippen LogP contribution in [0.25, 0.3) is 0 Å². The Bertz CT molecular complexity index is 412. The Hall–Kier alpha value is -0.820. The highest BCUT2D eigenvalue weighted by Crippen LogP contribution is 2.34. The highest BCUT2D eigenvalue weighted by atomic mass is 14.9. The molecule has 0 aliphatic heterocycles. The maximum atomic E-state index is 3.86. The van der Waals surface area contributed by atoms with Gasteiger partial charge in [0.05, 0.1) is 0 Å². The van der Waals surface area contributed by atoms with Crippen LogP contribution in [0.15, 0.2) is 24.3 Å². The molecule has 2 rings (SSSR count). The van der Waals surface area contributed by atoms with Gasteiger partial charge in [0.15, 0.2) is 0 Å². The zero-order chi connectivity index (χ0) is 15.1. The minimum Gasteiger partial charge on any atom is -0.313 e. The summed E-state index contributed by atoms with van der Waals surface area (Å²) in [5, 5.41) is 3.86. The summed E-state index contributed by atoms with van der Waals surface area (Å²) < 4.78 is 0. The summed E-state index contributed by atoms with van der Waals surface area (Å²) in [6, 6.07) is 9.58. The predicted molar refractivity (Wildman–Crippen MR) is 92.7 cm³/mol. The van der Waals surface area contributed by atoms with Crippen molar-refractivity contribution in [1.82, 2.24) is 5.32 Å². The minimum absolute atomic E-state index is 0.667. The first kappa shape index (κ1) is 16.5. The van der Waals surface area contributed by atoms with Crippen LogP contribution >= 0.6 is 0 Å². The van der Waals surface area contributed by atoms with Crippen molar-refractivity contribution in [3.8, 4) is 0 Å². The molecule has 1 aliphatic rings. The molecule has 3 atom stereocenters. The lowest BCUT2D eigenvalue weighted by atomic mass is 9.75. The summed E-state index contributed by atoms with van der Waals surface area (Å²) in [7, 11) is 0. The van der Waals surface area contributed by atoms with E-state index >= 15 is 0 Å². The van der Waals surface area contributed by atoms with Gasteiger partial charge in [-0.3, -0.25) is 0 Å². The van der Waals surface area contributed by atoms with E-state index < -0.39 is 0 Å². The van der Waals surface area contributed by atoms with Gasteiger partial charge in [-0.05, 0) is 62.1 Å². The SMILES string of the molecule is CCCNC(Cc1ccccc1C)C1CCCC(CC)C1. The average Bonchev–Trinajstić information content (AvgIpc) is 2.53. The maximum Gasteiger partial charge on any atom is 0.0136 e. The number of benzene rings is 1. The fraction of sp³-hybridized carbons (Fsp3) is 0.700. The van der Waals surface area contributed by atoms with E-state index in [-0.39, 0.29) is 0 Å². The number of hydrogen-bond acceptors (Lipinski definition) is 1. The molecule has 0 bridgehead atoms. The van der Waals surface area contributed by atoms with Gasteiger partial charge >= 0.3 is 0 Å². The number of hydrogen-bond donors (Lipinski definition) is 1. The van der Waals surface area contributed by atoms with Crippen LogP contribution in [0.2, 0.25) is 0 Å². The van der Waals surface area contributed by atoms with Crippen LogP contribution in [0.4, 0.5) is 0 Å². The minimum atomic E-state index is 0.667. The molecule has 1 nitrogen and oxygen atoms in total. The molecular weight excluding hydrogens is 254 g/mol. The molecule has 0 amide bonds. The summed E-state index contributed by atoms with van der Waals surface area (Å²) in [4.78, 5) is 0. The van der Waals surface area contributed by atoms with E-state index in [9.17, 15) is 0 Å². The van der Waals surface area contributed by atoms with Crippen LogP contribution in [0.5, 0.6) is 0 Å². The Morgan fingerprint density at radius 2 is 2.00 bits per heavy atom. The molecule has 1 aromatic carbocycles. The lowest BCUT2D eigenvalue weighted by Crippen LogP contribution is -2.40. The Balaban J connectivity index is 2.05. The van der Waals surface area contributed by atoms with Crippen LogP contribution in [0, 0.1) is 18.8 Å². The van der Waals surface area contributed by atoms with Crippen LogP contribution < -0.4 is 5.32 Å². The molecule has 1 aliphatic carbocycles. The Labute approximate surface area is 131 Å². The predicted octanol–water partition coefficient (Wildman–Crippen LogP) is 5.12. The third-order valence-electron chi connectivity index (χ3n) is 5.33. The lowest BCUT2D eigenvalue weighted by Gasteiger charge is -2.35. The van der Waals surface area contributed by atoms with Gasteiger partial charge in [0.1, 0.15) is 0 Å². The van der Waals surface area contributed by atoms with Gasteiger partial charge in [-0.2, -0.15) is 0 Å². The van der Waals surface area contributed by atoms with Crippen molar-refractivity contribution in [3.63, 3.8) is 0 Å². The van der Waals surface area contributed by atoms with E-state index in [1.165, 1.54) is 56.1 Å². The number of rotatable bonds is 7. The van der Waals surface area contributed by atoms with Crippen molar-refractivity contribution in [1.29, 1.82) is 0 Å². The first-order valence-electron chi connectivity index (χ1n) is 9.02. The molecule has 0 spiro atoms. The molecular formula is C20H33N. The Morgan fingerprint density at radius 3 is 2.71 bits per heavy atom. The number of nitrogens with one attached hydrogen (secondary N) is 1. The van der Waals surface area contributed by atoms with Crippen molar-refractivity contribution in [2.45, 2.75) is 71.8 Å². The molecule has 21 heavy (non-hydrogen) atoms. The van der Waals surface area contributed by atoms with Gasteiger partial charge in [-0.25, -0.2) is 0 Å². The second-order valence-electron chi connectivity index (χ2n) is 6.89. The van der Waals surface area contributed by atoms with Crippen molar-refractivity contribution < 1.29 is 0 Å². The molecule has 1 saturated carbocycles. The van der Waals surface area contributed by atoms with Gasteiger partial charge in [0.2, 0.25) is 0 Å². The van der Waals surface area contributed by atoms with Gasteiger partial charge < -0.3 is 5.32 Å². The zero-order valence-corrected chi connectivity index (χ0v) is 14.2. The third-order valence-corrected chi connectivity index (χ3v) is 5.33. The first-order valence-corrected chi connectivity index (χ1v) is 9.02. The molecule has 0 aromatic heterocycles. The van der Waals surface area contributed by atoms with E-state index in [1.54, 1.807) is 0 Å². The summed E-state index contributed by atoms with van der Waals surface area (Å²) >= 11 is 0. The van der Waals surface area contributed by atoms with Crippen molar-refractivity contribution in [3.05, 3.63) is 35.4 Å². The molecule has 0 saturated heterocycles. The van der Waals surface area contributed by atoms with Gasteiger partial charge in [-0.1, -0.05) is 57.4 Å². The highest BCUT2D eigenvalue weighted by Gasteiger charge is 2.27. The van der Waals surface area contributed by atoms with E-state index in [1.807, 2.05) is 0 Å². The maximum absolute atomic E-state index is 3.86. The summed E-state index contributed by atoms with van der Waals surface area (Å²) in [5.74, 6) is 1.83. The first-order chi connectivity index (χ1) is 10.2. The quantitative estimate of drug-likeness (QED) is 0.733. The fourth-order valence-electron chi connectivity index (χ4n) is 3.88. The van der Waals surface area contributed by atoms with Gasteiger partial charge in [0.25, 0.3) is 0 Å². The van der Waals surface area contributed by atoms with E-state index in [2.05, 4.69) is 50.4 Å². The highest BCUT2D eigenvalue weighted by molar-refractivity contribution is 5.26. The summed E-state index contributed by atoms with van der Waals surface area (Å²) in [6.07, 6.45) is 9.54. The number of aryl methyl sites for hydroxylation is 1. The smallest absolute Gasteiger partial charge is 0.0136 e. The van der Waals surface area contributed by atoms with E-state index in [0.717, 1.165) is 18.4 Å². The van der Waals surface area contributed by atoms with Crippen molar-refractivity contribution in [2.24, 2.45) is 11.8 Å². The molecule has 1 aromatic rings. The molecule has 1 N–H and O–H groups in total. The monoisotopic (exact) mass is 287 g/mol. The molecule has 3 unspecified atom stereocenters. The summed E-state index contributed by atoms with van der Waals surface area (Å²) in [6.45, 7) is 8.04. The van der Waals surface area contributed by atoms with Crippen LogP contribution in [0.3, 0.4) is 0 Å². The van der Waals surface area contributed by atoms with Gasteiger partial charge in [0, 0.05) is 6.04 Å². The Kier molecular flexibility index (Phi) is 6.76. The average molecular weight is 287 g/mol. The van der Waals surface area contributed by atoms with Crippen LogP contribution in [0.1, 0.15) is 63.5 Å². The fourth-order valence-corrected chi connectivity index (χ4v) is 3.88. The molecule has 0 radical (unpaired) electrons. The molecule has 0 heterocycles. The second-order valence-corrected chi connectivity index (χ2v) is 6.89. The van der Waals surface area contributed by atoms with Crippen LogP contribution in [-0.2, 0) is 6.42 Å². The Morgan fingerprint density at radius 1 is 1.19 bits per heavy atom. The molecule has 1 fully saturated rings. The largest absolute Gasteiger partial charge is 0.313 e. The topological polar surface area (TPSA) is 12.0 Å². The molecule has 1 heteroatoms. The van der Waals surface area contributed by atoms with E-state index in [0.29, 0.717) is 6.04 Å². The zero-order valence-electron chi connectivity index (χ0n) is 14.2. The standard InChI is InChI=1S/C20H33N/c1-4-13-21-20(15-18-11-7-6-9-16(18)3)19-12-8-10-17(5-2)14-19/h6-7,9,11,17,19-21H,4-5,8,10,12-15H2,1-3H3. The van der Waals surface area contributed by atoms with Gasteiger partial charge in [-0.15, -0.1) is 0 Å². The lowest BCUT2D eigenvalue weighted by molar-refractivity contribution is 0.207. The van der Waals surface area contributed by atoms with Crippen LogP contribution in [-0.4, -0.2) is 12.6 Å². The van der Waals surface area contributed by atoms with Crippen molar-refractivity contribution >= 4 is 0 Å². The van der Waals surface area contributed by atoms with E-state index in [4.69, 9.17) is 0 Å². The molecule has 118 valence electrons. The normalized spacial score (nSPS) is 24.0.